The van der Waals surface area contributed by atoms with Crippen LogP contribution in [0.3, 0.4) is 0 Å². The Bertz CT molecular complexity index is 170. The van der Waals surface area contributed by atoms with E-state index in [9.17, 15) is 0 Å². The number of hydrogen-bond donors (Lipinski definition) is 0. The van der Waals surface area contributed by atoms with E-state index in [0.29, 0.717) is 10.8 Å². The Kier molecular flexibility index (Phi) is 21.5. The summed E-state index contributed by atoms with van der Waals surface area (Å²) < 4.78 is 0. The maximum Gasteiger partial charge on any atom is -0.0411 e. The molecule has 0 bridgehead atoms. The largest absolute Gasteiger partial charge is 0.0776 e. The summed E-state index contributed by atoms with van der Waals surface area (Å²) in [7, 11) is 0. The molecule has 0 saturated carbocycles. The van der Waals surface area contributed by atoms with E-state index in [0.717, 1.165) is 0 Å². The molecular weight excluding hydrogens is 228 g/mol. The summed E-state index contributed by atoms with van der Waals surface area (Å²) in [6, 6.07) is 12.0. The molecule has 0 fully saturated rings. The number of rotatable bonds is 0. The van der Waals surface area contributed by atoms with Gasteiger partial charge in [0.15, 0.2) is 0 Å². The molecule has 0 atom stereocenters. The van der Waals surface area contributed by atoms with Crippen molar-refractivity contribution in [3.05, 3.63) is 36.4 Å². The number of benzene rings is 1. The lowest BCUT2D eigenvalue weighted by Crippen LogP contribution is -1.93. The van der Waals surface area contributed by atoms with E-state index < -0.39 is 0 Å². The van der Waals surface area contributed by atoms with Crippen molar-refractivity contribution >= 4 is 0 Å². The first-order valence-corrected chi connectivity index (χ1v) is 7.00. The molecule has 0 heterocycles. The van der Waals surface area contributed by atoms with Crippen LogP contribution in [0.25, 0.3) is 0 Å². The first-order valence-electron chi connectivity index (χ1n) is 7.00. The third-order valence-corrected chi connectivity index (χ3v) is 0.667. The Morgan fingerprint density at radius 1 is 0.421 bits per heavy atom. The van der Waals surface area contributed by atoms with Crippen LogP contribution >= 0.6 is 0 Å². The zero-order chi connectivity index (χ0) is 15.2. The van der Waals surface area contributed by atoms with Crippen LogP contribution in [0.15, 0.2) is 36.4 Å². The molecule has 0 amide bonds. The highest BCUT2D eigenvalue weighted by Gasteiger charge is 1.96. The minimum atomic E-state index is 0. The zero-order valence-electron chi connectivity index (χ0n) is 14.5. The summed E-state index contributed by atoms with van der Waals surface area (Å²) in [4.78, 5) is 0. The van der Waals surface area contributed by atoms with E-state index >= 15 is 0 Å². The summed E-state index contributed by atoms with van der Waals surface area (Å²) in [5.74, 6) is 0. The van der Waals surface area contributed by atoms with E-state index in [1.54, 1.807) is 0 Å². The van der Waals surface area contributed by atoms with Gasteiger partial charge in [0, 0.05) is 0 Å². The molecule has 0 nitrogen and oxygen atoms in total. The Morgan fingerprint density at radius 2 is 0.474 bits per heavy atom. The zero-order valence-corrected chi connectivity index (χ0v) is 14.5. The van der Waals surface area contributed by atoms with Crippen LogP contribution in [0.5, 0.6) is 0 Å². The molecule has 0 N–H and O–H groups in total. The quantitative estimate of drug-likeness (QED) is 0.458. The summed E-state index contributed by atoms with van der Waals surface area (Å²) in [6.07, 6.45) is 0. The molecule has 0 aliphatic heterocycles. The summed E-state index contributed by atoms with van der Waals surface area (Å²) in [5, 5.41) is 0. The highest BCUT2D eigenvalue weighted by atomic mass is 14.0. The fourth-order valence-electron chi connectivity index (χ4n) is 0.385. The molecule has 0 aliphatic carbocycles. The standard InChI is InChI=1S/C6H6.2C5H12.C2H6.CH4/c1-2-4-6-5-3-1;2*1-5(2,3)4;1-2;/h1-6H;2*1-4H3;1-2H3;1H4. The lowest BCUT2D eigenvalue weighted by Gasteiger charge is -2.05. The predicted molar refractivity (Wildman–Crippen MR) is 94.8 cm³/mol. The number of hydrogen-bond acceptors (Lipinski definition) is 0. The van der Waals surface area contributed by atoms with Gasteiger partial charge in [-0.15, -0.1) is 0 Å². The van der Waals surface area contributed by atoms with Gasteiger partial charge in [-0.25, -0.2) is 0 Å². The normalized spacial score (nSPS) is 9.16. The molecule has 116 valence electrons. The van der Waals surface area contributed by atoms with Crippen LogP contribution in [0.4, 0.5) is 0 Å². The van der Waals surface area contributed by atoms with Gasteiger partial charge in [0.1, 0.15) is 0 Å². The molecule has 0 aliphatic rings. The van der Waals surface area contributed by atoms with Crippen molar-refractivity contribution in [2.45, 2.75) is 76.7 Å². The van der Waals surface area contributed by atoms with E-state index in [-0.39, 0.29) is 7.43 Å². The van der Waals surface area contributed by atoms with Crippen molar-refractivity contribution in [1.82, 2.24) is 0 Å². The fraction of sp³-hybridized carbons (Fsp3) is 0.684. The topological polar surface area (TPSA) is 0 Å². The predicted octanol–water partition coefficient (Wildman–Crippen LogP) is 7.45. The molecule has 1 rings (SSSR count). The Morgan fingerprint density at radius 3 is 0.526 bits per heavy atom. The molecule has 0 spiro atoms. The Hall–Kier alpha value is -0.780. The van der Waals surface area contributed by atoms with Gasteiger partial charge in [-0.3, -0.25) is 0 Å². The highest BCUT2D eigenvalue weighted by Crippen LogP contribution is 2.08. The van der Waals surface area contributed by atoms with Gasteiger partial charge < -0.3 is 0 Å². The van der Waals surface area contributed by atoms with Gasteiger partial charge in [0.05, 0.1) is 0 Å². The average Bonchev–Trinajstić information content (AvgIpc) is 2.18. The SMILES string of the molecule is C.CC.CC(C)(C)C.CC(C)(C)C.c1ccccc1. The molecule has 19 heavy (non-hydrogen) atoms. The van der Waals surface area contributed by atoms with Crippen LogP contribution < -0.4 is 0 Å². The fourth-order valence-corrected chi connectivity index (χ4v) is 0.385. The molecule has 0 radical (unpaired) electrons. The third kappa shape index (κ3) is 146. The molecule has 0 aromatic heterocycles. The summed E-state index contributed by atoms with van der Waals surface area (Å²) in [6.45, 7) is 21.5. The van der Waals surface area contributed by atoms with Crippen LogP contribution in [0, 0.1) is 10.8 Å². The van der Waals surface area contributed by atoms with E-state index in [4.69, 9.17) is 0 Å². The van der Waals surface area contributed by atoms with Crippen molar-refractivity contribution in [1.29, 1.82) is 0 Å². The van der Waals surface area contributed by atoms with Crippen LogP contribution in [0.2, 0.25) is 0 Å². The van der Waals surface area contributed by atoms with Crippen molar-refractivity contribution in [2.24, 2.45) is 10.8 Å². The van der Waals surface area contributed by atoms with Crippen molar-refractivity contribution < 1.29 is 0 Å². The van der Waals surface area contributed by atoms with Gasteiger partial charge in [0.2, 0.25) is 0 Å². The molecular formula is C19H40. The minimum Gasteiger partial charge on any atom is -0.0776 e. The second-order valence-corrected chi connectivity index (χ2v) is 7.15. The van der Waals surface area contributed by atoms with E-state index in [1.165, 1.54) is 0 Å². The van der Waals surface area contributed by atoms with Gasteiger partial charge in [-0.05, 0) is 10.8 Å². The third-order valence-electron chi connectivity index (χ3n) is 0.667. The summed E-state index contributed by atoms with van der Waals surface area (Å²) >= 11 is 0. The second-order valence-electron chi connectivity index (χ2n) is 7.15. The van der Waals surface area contributed by atoms with E-state index in [2.05, 4.69) is 55.4 Å². The first kappa shape index (κ1) is 26.7. The Balaban J connectivity index is -0.0000000819. The Labute approximate surface area is 124 Å². The van der Waals surface area contributed by atoms with Gasteiger partial charge in [-0.1, -0.05) is 113 Å². The molecule has 0 unspecified atom stereocenters. The van der Waals surface area contributed by atoms with Crippen molar-refractivity contribution in [3.63, 3.8) is 0 Å². The first-order chi connectivity index (χ1) is 8.00. The molecule has 1 aromatic rings. The van der Waals surface area contributed by atoms with E-state index in [1.807, 2.05) is 50.2 Å². The van der Waals surface area contributed by atoms with Crippen LogP contribution in [-0.2, 0) is 0 Å². The molecule has 1 aromatic carbocycles. The molecule has 0 saturated heterocycles. The lowest BCUT2D eigenvalue weighted by atomic mass is 10.0. The minimum absolute atomic E-state index is 0. The highest BCUT2D eigenvalue weighted by molar-refractivity contribution is 4.99. The average molecular weight is 269 g/mol. The van der Waals surface area contributed by atoms with Crippen molar-refractivity contribution in [3.8, 4) is 0 Å². The maximum absolute atomic E-state index is 2.19. The van der Waals surface area contributed by atoms with Crippen molar-refractivity contribution in [2.75, 3.05) is 0 Å². The lowest BCUT2D eigenvalue weighted by molar-refractivity contribution is 0.469. The van der Waals surface area contributed by atoms with Crippen LogP contribution in [-0.4, -0.2) is 0 Å². The van der Waals surface area contributed by atoms with Gasteiger partial charge >= 0.3 is 0 Å². The second kappa shape index (κ2) is 15.3. The smallest absolute Gasteiger partial charge is 0.0411 e. The summed E-state index contributed by atoms with van der Waals surface area (Å²) in [5.41, 5.74) is 1.00. The monoisotopic (exact) mass is 268 g/mol. The molecule has 0 heteroatoms. The van der Waals surface area contributed by atoms with Gasteiger partial charge in [0.25, 0.3) is 0 Å². The van der Waals surface area contributed by atoms with Crippen LogP contribution in [0.1, 0.15) is 76.7 Å². The maximum atomic E-state index is 2.19. The van der Waals surface area contributed by atoms with Gasteiger partial charge in [-0.2, -0.15) is 0 Å².